The minimum atomic E-state index is -0.601. The molecule has 0 unspecified atom stereocenters. The summed E-state index contributed by atoms with van der Waals surface area (Å²) in [5.41, 5.74) is 0.799. The van der Waals surface area contributed by atoms with E-state index in [4.69, 9.17) is 4.74 Å². The number of nitrogens with one attached hydrogen (secondary N) is 1. The molecule has 1 aromatic heterocycles. The monoisotopic (exact) mass is 331 g/mol. The van der Waals surface area contributed by atoms with Crippen molar-refractivity contribution in [1.82, 2.24) is 0 Å². The number of ketones is 1. The summed E-state index contributed by atoms with van der Waals surface area (Å²) >= 11 is 1.30. The highest BCUT2D eigenvalue weighted by molar-refractivity contribution is 7.12. The summed E-state index contributed by atoms with van der Waals surface area (Å²) in [5, 5.41) is 4.50. The third-order valence-electron chi connectivity index (χ3n) is 3.02. The maximum atomic E-state index is 12.0. The van der Waals surface area contributed by atoms with E-state index in [1.807, 2.05) is 0 Å². The first kappa shape index (κ1) is 16.9. The summed E-state index contributed by atoms with van der Waals surface area (Å²) in [7, 11) is 0. The molecule has 0 aliphatic heterocycles. The number of benzene rings is 1. The van der Waals surface area contributed by atoms with Crippen LogP contribution in [0.5, 0.6) is 0 Å². The molecular weight excluding hydrogens is 314 g/mol. The van der Waals surface area contributed by atoms with Crippen LogP contribution in [0.4, 0.5) is 5.69 Å². The van der Waals surface area contributed by atoms with Crippen molar-refractivity contribution in [2.45, 2.75) is 13.8 Å². The number of carbonyl (C=O) groups is 3. The Morgan fingerprint density at radius 3 is 2.61 bits per heavy atom. The van der Waals surface area contributed by atoms with Gasteiger partial charge in [0.25, 0.3) is 0 Å². The predicted molar refractivity (Wildman–Crippen MR) is 88.8 cm³/mol. The van der Waals surface area contributed by atoms with Crippen molar-refractivity contribution < 1.29 is 19.1 Å². The minimum absolute atomic E-state index is 0.136. The highest BCUT2D eigenvalue weighted by Gasteiger charge is 2.14. The van der Waals surface area contributed by atoms with Crippen molar-refractivity contribution in [1.29, 1.82) is 0 Å². The van der Waals surface area contributed by atoms with Crippen LogP contribution in [0.1, 0.15) is 33.9 Å². The third-order valence-corrected chi connectivity index (χ3v) is 3.93. The lowest BCUT2D eigenvalue weighted by molar-refractivity contribution is -0.118. The summed E-state index contributed by atoms with van der Waals surface area (Å²) in [5.74, 6) is -1.13. The molecule has 0 spiro atoms. The summed E-state index contributed by atoms with van der Waals surface area (Å²) in [4.78, 5) is 36.0. The summed E-state index contributed by atoms with van der Waals surface area (Å²) < 4.78 is 5.03. The quantitative estimate of drug-likeness (QED) is 0.650. The molecule has 0 aliphatic rings. The van der Waals surface area contributed by atoms with E-state index in [1.165, 1.54) is 17.4 Å². The van der Waals surface area contributed by atoms with E-state index in [-0.39, 0.29) is 29.8 Å². The topological polar surface area (TPSA) is 72.5 Å². The molecule has 2 rings (SSSR count). The van der Waals surface area contributed by atoms with Gasteiger partial charge in [0.2, 0.25) is 11.7 Å². The highest BCUT2D eigenvalue weighted by Crippen LogP contribution is 2.14. The normalized spacial score (nSPS) is 10.4. The number of rotatable bonds is 6. The van der Waals surface area contributed by atoms with Crippen LogP contribution in [0, 0.1) is 5.92 Å². The van der Waals surface area contributed by atoms with Gasteiger partial charge in [-0.3, -0.25) is 9.59 Å². The molecule has 0 saturated heterocycles. The fraction of sp³-hybridized carbons (Fsp3) is 0.235. The zero-order valence-corrected chi connectivity index (χ0v) is 13.7. The molecular formula is C17H17NO4S. The zero-order valence-electron chi connectivity index (χ0n) is 12.9. The molecule has 1 N–H and O–H groups in total. The average Bonchev–Trinajstić information content (AvgIpc) is 3.07. The van der Waals surface area contributed by atoms with Gasteiger partial charge in [-0.2, -0.15) is 0 Å². The van der Waals surface area contributed by atoms with Crippen LogP contribution in [-0.4, -0.2) is 24.3 Å². The van der Waals surface area contributed by atoms with Crippen molar-refractivity contribution in [2.24, 2.45) is 5.92 Å². The molecule has 2 aromatic rings. The van der Waals surface area contributed by atoms with Crippen LogP contribution in [0.25, 0.3) is 0 Å². The molecule has 23 heavy (non-hydrogen) atoms. The van der Waals surface area contributed by atoms with Crippen LogP contribution >= 0.6 is 11.3 Å². The van der Waals surface area contributed by atoms with E-state index < -0.39 is 5.97 Å². The molecule has 6 heteroatoms. The number of hydrogen-bond donors (Lipinski definition) is 1. The minimum Gasteiger partial charge on any atom is -0.454 e. The van der Waals surface area contributed by atoms with Crippen LogP contribution in [0.15, 0.2) is 41.8 Å². The molecule has 0 aliphatic carbocycles. The van der Waals surface area contributed by atoms with Crippen molar-refractivity contribution in [3.05, 3.63) is 52.2 Å². The van der Waals surface area contributed by atoms with E-state index >= 15 is 0 Å². The second kappa shape index (κ2) is 7.69. The molecule has 0 bridgehead atoms. The number of esters is 1. The van der Waals surface area contributed by atoms with Gasteiger partial charge < -0.3 is 10.1 Å². The molecule has 0 atom stereocenters. The lowest BCUT2D eigenvalue weighted by Gasteiger charge is -2.09. The number of hydrogen-bond acceptors (Lipinski definition) is 5. The van der Waals surface area contributed by atoms with Gasteiger partial charge in [0, 0.05) is 11.6 Å². The second-order valence-corrected chi connectivity index (χ2v) is 6.15. The Kier molecular flexibility index (Phi) is 5.65. The maximum absolute atomic E-state index is 12.0. The van der Waals surface area contributed by atoms with E-state index in [9.17, 15) is 14.4 Å². The van der Waals surface area contributed by atoms with Crippen molar-refractivity contribution in [2.75, 3.05) is 11.9 Å². The smallest absolute Gasteiger partial charge is 0.338 e. The Bertz CT molecular complexity index is 707. The number of anilines is 1. The van der Waals surface area contributed by atoms with Crippen molar-refractivity contribution in [3.8, 4) is 0 Å². The third kappa shape index (κ3) is 4.75. The van der Waals surface area contributed by atoms with Gasteiger partial charge in [0.1, 0.15) is 0 Å². The van der Waals surface area contributed by atoms with Gasteiger partial charge in [-0.15, -0.1) is 11.3 Å². The van der Waals surface area contributed by atoms with Gasteiger partial charge >= 0.3 is 5.97 Å². The van der Waals surface area contributed by atoms with Crippen molar-refractivity contribution >= 4 is 34.7 Å². The summed E-state index contributed by atoms with van der Waals surface area (Å²) in [6.45, 7) is 3.26. The molecule has 0 fully saturated rings. The van der Waals surface area contributed by atoms with E-state index in [1.54, 1.807) is 49.6 Å². The number of amides is 1. The Morgan fingerprint density at radius 1 is 1.17 bits per heavy atom. The van der Waals surface area contributed by atoms with Crippen LogP contribution < -0.4 is 5.32 Å². The lowest BCUT2D eigenvalue weighted by Crippen LogP contribution is -2.18. The first-order valence-electron chi connectivity index (χ1n) is 7.12. The molecule has 0 radical (unpaired) electrons. The predicted octanol–water partition coefficient (Wildman–Crippen LogP) is 3.38. The molecule has 1 aromatic carbocycles. The fourth-order valence-electron chi connectivity index (χ4n) is 1.73. The van der Waals surface area contributed by atoms with E-state index in [0.29, 0.717) is 10.6 Å². The Balaban J connectivity index is 1.97. The van der Waals surface area contributed by atoms with Crippen LogP contribution in [0.3, 0.4) is 0 Å². The maximum Gasteiger partial charge on any atom is 0.338 e. The standard InChI is InChI=1S/C17H17NO4S/c1-11(2)16(20)18-13-6-3-5-12(9-13)17(21)22-10-14(19)15-7-4-8-23-15/h3-9,11H,10H2,1-2H3,(H,18,20). The summed E-state index contributed by atoms with van der Waals surface area (Å²) in [6, 6.07) is 9.88. The van der Waals surface area contributed by atoms with Gasteiger partial charge in [-0.1, -0.05) is 26.0 Å². The zero-order chi connectivity index (χ0) is 16.8. The molecule has 1 amide bonds. The van der Waals surface area contributed by atoms with Gasteiger partial charge in [0.05, 0.1) is 10.4 Å². The van der Waals surface area contributed by atoms with Gasteiger partial charge in [-0.25, -0.2) is 4.79 Å². The molecule has 120 valence electrons. The lowest BCUT2D eigenvalue weighted by atomic mass is 10.1. The summed E-state index contributed by atoms with van der Waals surface area (Å²) in [6.07, 6.45) is 0. The molecule has 0 saturated carbocycles. The largest absolute Gasteiger partial charge is 0.454 e. The average molecular weight is 331 g/mol. The van der Waals surface area contributed by atoms with Gasteiger partial charge in [-0.05, 0) is 29.6 Å². The molecule has 5 nitrogen and oxygen atoms in total. The van der Waals surface area contributed by atoms with E-state index in [0.717, 1.165) is 0 Å². The van der Waals surface area contributed by atoms with Gasteiger partial charge in [0.15, 0.2) is 6.61 Å². The number of thiophene rings is 1. The number of ether oxygens (including phenoxy) is 1. The SMILES string of the molecule is CC(C)C(=O)Nc1cccc(C(=O)OCC(=O)c2cccs2)c1. The Hall–Kier alpha value is -2.47. The van der Waals surface area contributed by atoms with Crippen LogP contribution in [0.2, 0.25) is 0 Å². The molecule has 1 heterocycles. The number of carbonyl (C=O) groups excluding carboxylic acids is 3. The fourth-order valence-corrected chi connectivity index (χ4v) is 2.38. The Labute approximate surface area is 138 Å². The second-order valence-electron chi connectivity index (χ2n) is 5.20. The van der Waals surface area contributed by atoms with Crippen molar-refractivity contribution in [3.63, 3.8) is 0 Å². The highest BCUT2D eigenvalue weighted by atomic mass is 32.1. The number of Topliss-reactive ketones (excluding diaryl/α,β-unsaturated/α-hetero) is 1. The first-order chi connectivity index (χ1) is 11.0. The Morgan fingerprint density at radius 2 is 1.96 bits per heavy atom. The van der Waals surface area contributed by atoms with E-state index in [2.05, 4.69) is 5.32 Å². The first-order valence-corrected chi connectivity index (χ1v) is 8.00. The van der Waals surface area contributed by atoms with Crippen LogP contribution in [-0.2, 0) is 9.53 Å².